The molecule has 16 heavy (non-hydrogen) atoms. The van der Waals surface area contributed by atoms with Crippen molar-refractivity contribution in [3.05, 3.63) is 12.2 Å². The van der Waals surface area contributed by atoms with Gasteiger partial charge in [-0.25, -0.2) is 9.59 Å². The molecule has 0 unspecified atom stereocenters. The van der Waals surface area contributed by atoms with Crippen LogP contribution in [0, 0.1) is 0 Å². The van der Waals surface area contributed by atoms with E-state index in [1.165, 1.54) is 19.3 Å². The van der Waals surface area contributed by atoms with Gasteiger partial charge in [0.2, 0.25) is 0 Å². The van der Waals surface area contributed by atoms with Crippen molar-refractivity contribution in [3.8, 4) is 0 Å². The van der Waals surface area contributed by atoms with Gasteiger partial charge < -0.3 is 9.84 Å². The lowest BCUT2D eigenvalue weighted by Gasteiger charge is -2.19. The Labute approximate surface area is 95.3 Å². The first-order valence-corrected chi connectivity index (χ1v) is 5.80. The molecule has 0 radical (unpaired) electrons. The summed E-state index contributed by atoms with van der Waals surface area (Å²) >= 11 is 0. The molecule has 4 heteroatoms. The highest BCUT2D eigenvalue weighted by Gasteiger charge is 2.14. The minimum absolute atomic E-state index is 0.0359. The molecule has 1 aliphatic rings. The van der Waals surface area contributed by atoms with Crippen LogP contribution < -0.4 is 0 Å². The lowest BCUT2D eigenvalue weighted by atomic mass is 9.99. The molecule has 0 saturated heterocycles. The molecule has 4 nitrogen and oxygen atoms in total. The summed E-state index contributed by atoms with van der Waals surface area (Å²) in [6, 6.07) is 0. The standard InChI is InChI=1S/C12H18O4/c13-11(14)8-9-12(15)16-10-6-4-2-1-3-5-7-10/h8-10H,1-7H2,(H,13,14)/b9-8+. The first-order chi connectivity index (χ1) is 7.68. The SMILES string of the molecule is O=C(O)/C=C/C(=O)OC1CCCCCCC1. The number of ether oxygens (including phenoxy) is 1. The van der Waals surface area contributed by atoms with Gasteiger partial charge in [0, 0.05) is 12.2 Å². The van der Waals surface area contributed by atoms with E-state index in [1.54, 1.807) is 0 Å². The number of carboxylic acid groups (broad SMARTS) is 1. The van der Waals surface area contributed by atoms with Crippen LogP contribution >= 0.6 is 0 Å². The number of hydrogen-bond acceptors (Lipinski definition) is 3. The van der Waals surface area contributed by atoms with Crippen molar-refractivity contribution in [2.45, 2.75) is 51.0 Å². The maximum absolute atomic E-state index is 11.2. The van der Waals surface area contributed by atoms with Crippen molar-refractivity contribution in [2.24, 2.45) is 0 Å². The molecule has 0 amide bonds. The van der Waals surface area contributed by atoms with Gasteiger partial charge in [0.15, 0.2) is 0 Å². The summed E-state index contributed by atoms with van der Waals surface area (Å²) in [5, 5.41) is 8.36. The Balaban J connectivity index is 2.33. The average molecular weight is 226 g/mol. The topological polar surface area (TPSA) is 63.6 Å². The molecule has 0 aromatic carbocycles. The third kappa shape index (κ3) is 5.53. The zero-order chi connectivity index (χ0) is 11.8. The summed E-state index contributed by atoms with van der Waals surface area (Å²) in [5.41, 5.74) is 0. The molecule has 1 fully saturated rings. The smallest absolute Gasteiger partial charge is 0.331 e. The molecule has 1 saturated carbocycles. The van der Waals surface area contributed by atoms with Gasteiger partial charge in [-0.2, -0.15) is 0 Å². The summed E-state index contributed by atoms with van der Waals surface area (Å²) in [5.74, 6) is -1.68. The Morgan fingerprint density at radius 2 is 1.56 bits per heavy atom. The van der Waals surface area contributed by atoms with Crippen LogP contribution in [0.25, 0.3) is 0 Å². The van der Waals surface area contributed by atoms with Crippen molar-refractivity contribution in [2.75, 3.05) is 0 Å². The van der Waals surface area contributed by atoms with Crippen LogP contribution in [0.4, 0.5) is 0 Å². The highest BCUT2D eigenvalue weighted by atomic mass is 16.5. The Hall–Kier alpha value is -1.32. The Bertz CT molecular complexity index is 262. The van der Waals surface area contributed by atoms with E-state index >= 15 is 0 Å². The van der Waals surface area contributed by atoms with Crippen LogP contribution in [-0.4, -0.2) is 23.1 Å². The zero-order valence-electron chi connectivity index (χ0n) is 9.35. The van der Waals surface area contributed by atoms with Crippen LogP contribution in [0.5, 0.6) is 0 Å². The van der Waals surface area contributed by atoms with E-state index in [1.807, 2.05) is 0 Å². The van der Waals surface area contributed by atoms with Gasteiger partial charge in [-0.15, -0.1) is 0 Å². The molecule has 0 heterocycles. The van der Waals surface area contributed by atoms with Crippen LogP contribution in [0.3, 0.4) is 0 Å². The van der Waals surface area contributed by atoms with Gasteiger partial charge in [-0.3, -0.25) is 0 Å². The maximum atomic E-state index is 11.2. The van der Waals surface area contributed by atoms with Gasteiger partial charge in [-0.05, 0) is 25.7 Å². The highest BCUT2D eigenvalue weighted by molar-refractivity contribution is 5.90. The molecular formula is C12H18O4. The summed E-state index contributed by atoms with van der Waals surface area (Å²) in [6.07, 6.45) is 9.36. The van der Waals surface area contributed by atoms with Crippen molar-refractivity contribution < 1.29 is 19.4 Å². The van der Waals surface area contributed by atoms with Crippen LogP contribution in [-0.2, 0) is 14.3 Å². The fourth-order valence-electron chi connectivity index (χ4n) is 1.88. The van der Waals surface area contributed by atoms with E-state index in [9.17, 15) is 9.59 Å². The summed E-state index contributed by atoms with van der Waals surface area (Å²) in [7, 11) is 0. The van der Waals surface area contributed by atoms with E-state index in [0.29, 0.717) is 0 Å². The van der Waals surface area contributed by atoms with Crippen LogP contribution in [0.1, 0.15) is 44.9 Å². The second-order valence-electron chi connectivity index (χ2n) is 4.08. The quantitative estimate of drug-likeness (QED) is 0.592. The largest absolute Gasteiger partial charge is 0.478 e. The first kappa shape index (κ1) is 12.7. The fraction of sp³-hybridized carbons (Fsp3) is 0.667. The Morgan fingerprint density at radius 3 is 2.12 bits per heavy atom. The van der Waals surface area contributed by atoms with E-state index in [-0.39, 0.29) is 6.10 Å². The highest BCUT2D eigenvalue weighted by Crippen LogP contribution is 2.19. The number of rotatable bonds is 3. The van der Waals surface area contributed by atoms with Crippen LogP contribution in [0.15, 0.2) is 12.2 Å². The zero-order valence-corrected chi connectivity index (χ0v) is 9.35. The second-order valence-corrected chi connectivity index (χ2v) is 4.08. The number of carbonyl (C=O) groups excluding carboxylic acids is 1. The summed E-state index contributed by atoms with van der Waals surface area (Å²) in [6.45, 7) is 0. The minimum atomic E-state index is -1.13. The molecule has 1 rings (SSSR count). The second kappa shape index (κ2) is 7.04. The van der Waals surface area contributed by atoms with E-state index in [0.717, 1.165) is 37.8 Å². The summed E-state index contributed by atoms with van der Waals surface area (Å²) < 4.78 is 5.19. The molecule has 0 atom stereocenters. The van der Waals surface area contributed by atoms with Crippen molar-refractivity contribution >= 4 is 11.9 Å². The predicted molar refractivity (Wildman–Crippen MR) is 59.0 cm³/mol. The Kier molecular flexibility index (Phi) is 5.61. The molecule has 1 N–H and O–H groups in total. The molecule has 90 valence electrons. The van der Waals surface area contributed by atoms with Gasteiger partial charge in [0.1, 0.15) is 6.10 Å². The van der Waals surface area contributed by atoms with Gasteiger partial charge in [0.25, 0.3) is 0 Å². The van der Waals surface area contributed by atoms with Crippen molar-refractivity contribution in [1.29, 1.82) is 0 Å². The molecule has 0 aliphatic heterocycles. The fourth-order valence-corrected chi connectivity index (χ4v) is 1.88. The lowest BCUT2D eigenvalue weighted by Crippen LogP contribution is -2.18. The lowest BCUT2D eigenvalue weighted by molar-refractivity contribution is -0.144. The molecule has 1 aliphatic carbocycles. The summed E-state index contributed by atoms with van der Waals surface area (Å²) in [4.78, 5) is 21.4. The number of carboxylic acids is 1. The maximum Gasteiger partial charge on any atom is 0.331 e. The predicted octanol–water partition coefficient (Wildman–Crippen LogP) is 2.28. The minimum Gasteiger partial charge on any atom is -0.478 e. The van der Waals surface area contributed by atoms with Gasteiger partial charge in [0.05, 0.1) is 0 Å². The normalized spacial score (nSPS) is 19.0. The van der Waals surface area contributed by atoms with Crippen molar-refractivity contribution in [3.63, 3.8) is 0 Å². The first-order valence-electron chi connectivity index (χ1n) is 5.80. The average Bonchev–Trinajstić information content (AvgIpc) is 2.19. The molecule has 0 aromatic heterocycles. The number of aliphatic carboxylic acids is 1. The number of hydrogen-bond donors (Lipinski definition) is 1. The van der Waals surface area contributed by atoms with Gasteiger partial charge in [-0.1, -0.05) is 19.3 Å². The van der Waals surface area contributed by atoms with E-state index in [4.69, 9.17) is 9.84 Å². The number of esters is 1. The molecule has 0 spiro atoms. The molecule has 0 bridgehead atoms. The van der Waals surface area contributed by atoms with Crippen LogP contribution in [0.2, 0.25) is 0 Å². The molecule has 0 aromatic rings. The number of carbonyl (C=O) groups is 2. The van der Waals surface area contributed by atoms with Crippen molar-refractivity contribution in [1.82, 2.24) is 0 Å². The Morgan fingerprint density at radius 1 is 1.00 bits per heavy atom. The monoisotopic (exact) mass is 226 g/mol. The molecular weight excluding hydrogens is 208 g/mol. The third-order valence-corrected chi connectivity index (χ3v) is 2.70. The van der Waals surface area contributed by atoms with E-state index < -0.39 is 11.9 Å². The van der Waals surface area contributed by atoms with E-state index in [2.05, 4.69) is 0 Å². The third-order valence-electron chi connectivity index (χ3n) is 2.70. The van der Waals surface area contributed by atoms with Gasteiger partial charge >= 0.3 is 11.9 Å².